The largest absolute Gasteiger partial charge is 0.322 e. The van der Waals surface area contributed by atoms with Crippen LogP contribution >= 0.6 is 0 Å². The maximum atomic E-state index is 13.6. The van der Waals surface area contributed by atoms with Crippen LogP contribution in [0.2, 0.25) is 0 Å². The maximum Gasteiger partial charge on any atom is 0.238 e. The van der Waals surface area contributed by atoms with Gasteiger partial charge in [0.05, 0.1) is 12.2 Å². The molecule has 0 spiro atoms. The van der Waals surface area contributed by atoms with Crippen molar-refractivity contribution in [1.82, 2.24) is 4.90 Å². The van der Waals surface area contributed by atoms with Crippen molar-refractivity contribution in [2.24, 2.45) is 0 Å². The average Bonchev–Trinajstić information content (AvgIpc) is 2.59. The highest BCUT2D eigenvalue weighted by atomic mass is 19.1. The van der Waals surface area contributed by atoms with Crippen LogP contribution in [0.5, 0.6) is 0 Å². The van der Waals surface area contributed by atoms with E-state index in [1.807, 2.05) is 23.1 Å². The van der Waals surface area contributed by atoms with Crippen molar-refractivity contribution in [1.29, 1.82) is 0 Å². The Morgan fingerprint density at radius 3 is 2.50 bits per heavy atom. The molecule has 1 heterocycles. The third kappa shape index (κ3) is 4.17. The molecule has 1 aliphatic rings. The lowest BCUT2D eigenvalue weighted by molar-refractivity contribution is -0.117. The number of hydrogen-bond acceptors (Lipinski definition) is 2. The lowest BCUT2D eigenvalue weighted by Gasteiger charge is -2.31. The van der Waals surface area contributed by atoms with E-state index in [0.717, 1.165) is 44.1 Å². The van der Waals surface area contributed by atoms with E-state index in [-0.39, 0.29) is 18.1 Å². The predicted molar refractivity (Wildman–Crippen MR) is 89.8 cm³/mol. The van der Waals surface area contributed by atoms with Crippen molar-refractivity contribution >= 4 is 11.6 Å². The van der Waals surface area contributed by atoms with Crippen molar-refractivity contribution in [3.8, 4) is 0 Å². The molecule has 126 valence electrons. The Labute approximate surface area is 140 Å². The molecule has 0 radical (unpaired) electrons. The van der Waals surface area contributed by atoms with Gasteiger partial charge in [-0.1, -0.05) is 30.3 Å². The summed E-state index contributed by atoms with van der Waals surface area (Å²) in [5.74, 6) is -1.01. The number of nitrogens with zero attached hydrogens (tertiary/aromatic N) is 1. The van der Waals surface area contributed by atoms with Gasteiger partial charge in [0.25, 0.3) is 0 Å². The summed E-state index contributed by atoms with van der Waals surface area (Å²) in [6.45, 7) is 1.83. The molecule has 1 N–H and O–H groups in total. The standard InChI is InChI=1S/C19H20F2N2O/c20-16-6-7-17(21)18(12-16)22-19(24)13-23-10-8-15(9-11-23)14-4-2-1-3-5-14/h1-7,12,15H,8-11,13H2,(H,22,24). The number of nitrogens with one attached hydrogen (secondary N) is 1. The number of piperidine rings is 1. The molecule has 2 aromatic carbocycles. The Bertz CT molecular complexity index is 698. The molecular formula is C19H20F2N2O. The molecule has 2 aromatic rings. The van der Waals surface area contributed by atoms with E-state index in [4.69, 9.17) is 0 Å². The molecule has 3 nitrogen and oxygen atoms in total. The van der Waals surface area contributed by atoms with Gasteiger partial charge in [0.15, 0.2) is 0 Å². The normalized spacial score (nSPS) is 16.1. The number of hydrogen-bond donors (Lipinski definition) is 1. The van der Waals surface area contributed by atoms with Gasteiger partial charge in [-0.2, -0.15) is 0 Å². The number of rotatable bonds is 4. The van der Waals surface area contributed by atoms with Gasteiger partial charge in [-0.15, -0.1) is 0 Å². The number of benzene rings is 2. The minimum Gasteiger partial charge on any atom is -0.322 e. The number of halogens is 2. The molecule has 0 aliphatic carbocycles. The van der Waals surface area contributed by atoms with E-state index in [1.54, 1.807) is 0 Å². The SMILES string of the molecule is O=C(CN1CCC(c2ccccc2)CC1)Nc1cc(F)ccc1F. The first-order chi connectivity index (χ1) is 11.6. The van der Waals surface area contributed by atoms with Gasteiger partial charge in [-0.3, -0.25) is 9.69 Å². The van der Waals surface area contributed by atoms with Gasteiger partial charge in [-0.05, 0) is 49.5 Å². The van der Waals surface area contributed by atoms with Gasteiger partial charge in [0, 0.05) is 6.07 Å². The fraction of sp³-hybridized carbons (Fsp3) is 0.316. The molecule has 3 rings (SSSR count). The number of carbonyl (C=O) groups excluding carboxylic acids is 1. The first kappa shape index (κ1) is 16.6. The van der Waals surface area contributed by atoms with Crippen LogP contribution in [0.4, 0.5) is 14.5 Å². The van der Waals surface area contributed by atoms with Crippen molar-refractivity contribution in [2.45, 2.75) is 18.8 Å². The molecule has 0 aromatic heterocycles. The summed E-state index contributed by atoms with van der Waals surface area (Å²) in [4.78, 5) is 14.1. The highest BCUT2D eigenvalue weighted by Gasteiger charge is 2.22. The summed E-state index contributed by atoms with van der Waals surface area (Å²) in [7, 11) is 0. The monoisotopic (exact) mass is 330 g/mol. The number of amides is 1. The zero-order chi connectivity index (χ0) is 16.9. The van der Waals surface area contributed by atoms with Gasteiger partial charge < -0.3 is 5.32 Å². The molecular weight excluding hydrogens is 310 g/mol. The summed E-state index contributed by atoms with van der Waals surface area (Å²) < 4.78 is 26.7. The Morgan fingerprint density at radius 1 is 1.08 bits per heavy atom. The van der Waals surface area contributed by atoms with Gasteiger partial charge in [-0.25, -0.2) is 8.78 Å². The molecule has 0 saturated carbocycles. The highest BCUT2D eigenvalue weighted by Crippen LogP contribution is 2.27. The summed E-state index contributed by atoms with van der Waals surface area (Å²) in [5, 5.41) is 2.45. The summed E-state index contributed by atoms with van der Waals surface area (Å²) in [6.07, 6.45) is 1.98. The summed E-state index contributed by atoms with van der Waals surface area (Å²) in [5.41, 5.74) is 1.22. The Kier molecular flexibility index (Phi) is 5.20. The molecule has 1 saturated heterocycles. The van der Waals surface area contributed by atoms with Crippen LogP contribution in [0.15, 0.2) is 48.5 Å². The average molecular weight is 330 g/mol. The minimum atomic E-state index is -0.632. The quantitative estimate of drug-likeness (QED) is 0.925. The third-order valence-electron chi connectivity index (χ3n) is 4.43. The number of anilines is 1. The molecule has 1 fully saturated rings. The van der Waals surface area contributed by atoms with Crippen molar-refractivity contribution in [3.05, 3.63) is 65.7 Å². The summed E-state index contributed by atoms with van der Waals surface area (Å²) >= 11 is 0. The van der Waals surface area contributed by atoms with Gasteiger partial charge in [0.1, 0.15) is 11.6 Å². The molecule has 5 heteroatoms. The van der Waals surface area contributed by atoms with Crippen LogP contribution in [0, 0.1) is 11.6 Å². The van der Waals surface area contributed by atoms with Crippen molar-refractivity contribution in [2.75, 3.05) is 25.0 Å². The minimum absolute atomic E-state index is 0.112. The van der Waals surface area contributed by atoms with Gasteiger partial charge in [0.2, 0.25) is 5.91 Å². The van der Waals surface area contributed by atoms with Crippen LogP contribution in [-0.4, -0.2) is 30.4 Å². The molecule has 0 unspecified atom stereocenters. The molecule has 24 heavy (non-hydrogen) atoms. The molecule has 0 bridgehead atoms. The second-order valence-electron chi connectivity index (χ2n) is 6.13. The predicted octanol–water partition coefficient (Wildman–Crippen LogP) is 3.78. The van der Waals surface area contributed by atoms with E-state index in [1.165, 1.54) is 5.56 Å². The summed E-state index contributed by atoms with van der Waals surface area (Å²) in [6, 6.07) is 13.4. The lowest BCUT2D eigenvalue weighted by atomic mass is 9.89. The number of likely N-dealkylation sites (tertiary alicyclic amines) is 1. The van der Waals surface area contributed by atoms with E-state index < -0.39 is 11.6 Å². The van der Waals surface area contributed by atoms with Crippen LogP contribution in [0.25, 0.3) is 0 Å². The Hall–Kier alpha value is -2.27. The van der Waals surface area contributed by atoms with Crippen molar-refractivity contribution < 1.29 is 13.6 Å². The highest BCUT2D eigenvalue weighted by molar-refractivity contribution is 5.92. The second kappa shape index (κ2) is 7.53. The van der Waals surface area contributed by atoms with Crippen LogP contribution < -0.4 is 5.32 Å². The zero-order valence-electron chi connectivity index (χ0n) is 13.3. The van der Waals surface area contributed by atoms with Crippen LogP contribution in [0.3, 0.4) is 0 Å². The maximum absolute atomic E-state index is 13.6. The first-order valence-corrected chi connectivity index (χ1v) is 8.14. The molecule has 0 atom stereocenters. The lowest BCUT2D eigenvalue weighted by Crippen LogP contribution is -2.38. The van der Waals surface area contributed by atoms with Crippen LogP contribution in [-0.2, 0) is 4.79 Å². The fourth-order valence-electron chi connectivity index (χ4n) is 3.14. The second-order valence-corrected chi connectivity index (χ2v) is 6.13. The number of carbonyl (C=O) groups is 1. The topological polar surface area (TPSA) is 32.3 Å². The van der Waals surface area contributed by atoms with Gasteiger partial charge >= 0.3 is 0 Å². The first-order valence-electron chi connectivity index (χ1n) is 8.14. The third-order valence-corrected chi connectivity index (χ3v) is 4.43. The zero-order valence-corrected chi connectivity index (χ0v) is 13.3. The Morgan fingerprint density at radius 2 is 1.79 bits per heavy atom. The Balaban J connectivity index is 1.51. The fourth-order valence-corrected chi connectivity index (χ4v) is 3.14. The molecule has 1 amide bonds. The molecule has 1 aliphatic heterocycles. The van der Waals surface area contributed by atoms with E-state index in [9.17, 15) is 13.6 Å². The smallest absolute Gasteiger partial charge is 0.238 e. The van der Waals surface area contributed by atoms with E-state index in [2.05, 4.69) is 17.4 Å². The van der Waals surface area contributed by atoms with E-state index >= 15 is 0 Å². The van der Waals surface area contributed by atoms with Crippen LogP contribution in [0.1, 0.15) is 24.3 Å². The van der Waals surface area contributed by atoms with E-state index in [0.29, 0.717) is 5.92 Å². The van der Waals surface area contributed by atoms with Crippen molar-refractivity contribution in [3.63, 3.8) is 0 Å².